The quantitative estimate of drug-likeness (QED) is 0.165. The summed E-state index contributed by atoms with van der Waals surface area (Å²) in [5.74, 6) is 0. The Morgan fingerprint density at radius 1 is 0.190 bits per heavy atom. The predicted molar refractivity (Wildman–Crippen MR) is 412 cm³/mol. The minimum absolute atomic E-state index is 0.544. The van der Waals surface area contributed by atoms with Crippen LogP contribution in [0.2, 0.25) is 0 Å². The molecule has 4 heteroatoms. The molecule has 458 valence electrons. The highest BCUT2D eigenvalue weighted by Gasteiger charge is 2.54. The topological polar surface area (TPSA) is 51.6 Å². The van der Waals surface area contributed by atoms with Crippen LogP contribution in [0.4, 0.5) is 0 Å². The Morgan fingerprint density at radius 3 is 1.23 bits per heavy atom. The summed E-state index contributed by atoms with van der Waals surface area (Å²) in [6.07, 6.45) is 3.78. The van der Waals surface area contributed by atoms with E-state index >= 15 is 0 Å². The van der Waals surface area contributed by atoms with Crippen molar-refractivity contribution in [1.82, 2.24) is 19.9 Å². The van der Waals surface area contributed by atoms with Crippen molar-refractivity contribution in [2.45, 2.75) is 10.8 Å². The number of hydrogen-bond donors (Lipinski definition) is 0. The monoisotopic (exact) mass is 1260 g/mol. The number of pyridine rings is 4. The predicted octanol–water partition coefficient (Wildman–Crippen LogP) is 23.8. The molecule has 4 heterocycles. The van der Waals surface area contributed by atoms with Gasteiger partial charge in [0.25, 0.3) is 0 Å². The van der Waals surface area contributed by atoms with Gasteiger partial charge in [-0.05, 0) is 227 Å². The SMILES string of the molecule is c1ccc2c(c1)-c1ccccc1C21c2cc3ccc(-c4cc5ccc(-c6cc7c(c8ccccc68)-c6cc8ccccc8cc6C76c7ccccc7-c7ccccc76)nc5c5ncccc45)cc3cc2-c2c1cc(-c1ccc(-c3ccc4ccc5cccnc5c4n3)cc1)c1ccccc21. The summed E-state index contributed by atoms with van der Waals surface area (Å²) in [5.41, 5.74) is 31.9. The maximum absolute atomic E-state index is 5.78. The van der Waals surface area contributed by atoms with E-state index < -0.39 is 10.8 Å². The molecule has 0 saturated heterocycles. The second kappa shape index (κ2) is 19.8. The third kappa shape index (κ3) is 7.03. The molecule has 19 aromatic rings. The molecule has 0 radical (unpaired) electrons. The molecular weight excluding hydrogens is 1210 g/mol. The van der Waals surface area contributed by atoms with Gasteiger partial charge in [-0.1, -0.05) is 243 Å². The van der Waals surface area contributed by atoms with Crippen LogP contribution in [0.1, 0.15) is 44.5 Å². The summed E-state index contributed by atoms with van der Waals surface area (Å²) in [6.45, 7) is 0. The molecule has 4 aliphatic carbocycles. The van der Waals surface area contributed by atoms with Gasteiger partial charge in [0.2, 0.25) is 0 Å². The highest BCUT2D eigenvalue weighted by atomic mass is 14.8. The summed E-state index contributed by atoms with van der Waals surface area (Å²) in [4.78, 5) is 21.0. The third-order valence-electron chi connectivity index (χ3n) is 23.1. The van der Waals surface area contributed by atoms with E-state index in [2.05, 4.69) is 309 Å². The highest BCUT2D eigenvalue weighted by Crippen LogP contribution is 2.67. The van der Waals surface area contributed by atoms with Crippen molar-refractivity contribution in [2.75, 3.05) is 0 Å². The lowest BCUT2D eigenvalue weighted by Crippen LogP contribution is -2.26. The summed E-state index contributed by atoms with van der Waals surface area (Å²) < 4.78 is 0. The Hall–Kier alpha value is -13.0. The third-order valence-corrected chi connectivity index (χ3v) is 23.1. The first kappa shape index (κ1) is 54.1. The average Bonchev–Trinajstić information content (AvgIpc) is 1.51. The molecular formula is C96H54N4. The van der Waals surface area contributed by atoms with Gasteiger partial charge in [-0.25, -0.2) is 9.97 Å². The Kier molecular flexibility index (Phi) is 10.7. The maximum atomic E-state index is 5.78. The first-order valence-electron chi connectivity index (χ1n) is 34.6. The molecule has 4 aliphatic rings. The van der Waals surface area contributed by atoms with Crippen molar-refractivity contribution < 1.29 is 0 Å². The van der Waals surface area contributed by atoms with Crippen LogP contribution in [-0.4, -0.2) is 19.9 Å². The van der Waals surface area contributed by atoms with Gasteiger partial charge in [-0.15, -0.1) is 0 Å². The van der Waals surface area contributed by atoms with Crippen LogP contribution in [0, 0.1) is 0 Å². The van der Waals surface area contributed by atoms with Gasteiger partial charge in [0, 0.05) is 45.1 Å². The summed E-state index contributed by atoms with van der Waals surface area (Å²) in [6, 6.07) is 118. The number of fused-ring (bicyclic) bond motifs is 32. The van der Waals surface area contributed by atoms with Gasteiger partial charge in [-0.2, -0.15) is 0 Å². The second-order valence-electron chi connectivity index (χ2n) is 27.7. The van der Waals surface area contributed by atoms with Crippen LogP contribution in [0.3, 0.4) is 0 Å². The molecule has 0 unspecified atom stereocenters. The zero-order valence-electron chi connectivity index (χ0n) is 54.0. The van der Waals surface area contributed by atoms with Crippen molar-refractivity contribution in [3.63, 3.8) is 0 Å². The van der Waals surface area contributed by atoms with Crippen molar-refractivity contribution >= 4 is 86.7 Å². The number of aromatic nitrogens is 4. The first-order valence-corrected chi connectivity index (χ1v) is 34.6. The summed E-state index contributed by atoms with van der Waals surface area (Å²) >= 11 is 0. The molecule has 15 aromatic carbocycles. The van der Waals surface area contributed by atoms with E-state index in [-0.39, 0.29) is 0 Å². The number of rotatable bonds is 4. The van der Waals surface area contributed by atoms with Gasteiger partial charge in [0.05, 0.1) is 44.3 Å². The molecule has 4 nitrogen and oxygen atoms in total. The fourth-order valence-corrected chi connectivity index (χ4v) is 18.9. The van der Waals surface area contributed by atoms with E-state index in [1.54, 1.807) is 0 Å². The molecule has 0 atom stereocenters. The standard InChI is InChI=1S/C96H54N4/c1-2-18-60-51-83-77(48-59(60)17-1)90-72-27-6-4-21-66(72)76(54-86(90)96(83)81-31-13-9-24-69(81)70-25-10-14-32-82(70)96)88-44-42-63-49-74(73-28-16-46-98-94(73)93(63)100-88)62-40-39-61-52-84-78(50-64(61)47-62)89-71-26-5-3-20-65(71)75(53-85(89)95(84)79-29-11-7-22-67(79)68-23-8-12-30-80(68)95)55-33-35-56(36-34-55)87-43-41-58-38-37-57-19-15-45-97-91(57)92(58)99-87/h1-54H. The zero-order valence-corrected chi connectivity index (χ0v) is 54.0. The van der Waals surface area contributed by atoms with Gasteiger partial charge in [-0.3, -0.25) is 9.97 Å². The highest BCUT2D eigenvalue weighted by molar-refractivity contribution is 6.17. The molecule has 100 heavy (non-hydrogen) atoms. The normalized spacial score (nSPS) is 13.8. The number of benzene rings is 15. The van der Waals surface area contributed by atoms with E-state index in [0.29, 0.717) is 0 Å². The van der Waals surface area contributed by atoms with Crippen molar-refractivity contribution in [3.05, 3.63) is 372 Å². The molecule has 23 rings (SSSR count). The number of nitrogens with zero attached hydrogens (tertiary/aromatic N) is 4. The van der Waals surface area contributed by atoms with Crippen LogP contribution in [0.25, 0.3) is 176 Å². The lowest BCUT2D eigenvalue weighted by molar-refractivity contribution is 0.796. The molecule has 0 saturated carbocycles. The molecule has 0 N–H and O–H groups in total. The van der Waals surface area contributed by atoms with Crippen LogP contribution in [0.15, 0.2) is 328 Å². The Morgan fingerprint density at radius 2 is 0.590 bits per heavy atom. The largest absolute Gasteiger partial charge is 0.254 e. The minimum atomic E-state index is -0.581. The Labute approximate surface area is 575 Å². The smallest absolute Gasteiger partial charge is 0.0972 e. The van der Waals surface area contributed by atoms with Gasteiger partial charge < -0.3 is 0 Å². The zero-order chi connectivity index (χ0) is 65.1. The minimum Gasteiger partial charge on any atom is -0.254 e. The molecule has 0 amide bonds. The molecule has 0 fully saturated rings. The number of hydrogen-bond acceptors (Lipinski definition) is 4. The summed E-state index contributed by atoms with van der Waals surface area (Å²) in [7, 11) is 0. The van der Waals surface area contributed by atoms with E-state index in [4.69, 9.17) is 19.9 Å². The van der Waals surface area contributed by atoms with E-state index in [1.807, 2.05) is 18.5 Å². The average molecular weight is 1260 g/mol. The van der Waals surface area contributed by atoms with Crippen LogP contribution >= 0.6 is 0 Å². The summed E-state index contributed by atoms with van der Waals surface area (Å²) in [5, 5.41) is 14.0. The van der Waals surface area contributed by atoms with E-state index in [1.165, 1.54) is 138 Å². The first-order chi connectivity index (χ1) is 49.6. The lowest BCUT2D eigenvalue weighted by atomic mass is 9.69. The lowest BCUT2D eigenvalue weighted by Gasteiger charge is -2.31. The van der Waals surface area contributed by atoms with E-state index in [0.717, 1.165) is 82.8 Å². The van der Waals surface area contributed by atoms with Crippen LogP contribution in [-0.2, 0) is 10.8 Å². The van der Waals surface area contributed by atoms with Crippen molar-refractivity contribution in [2.24, 2.45) is 0 Å². The van der Waals surface area contributed by atoms with Crippen LogP contribution < -0.4 is 0 Å². The molecule has 4 aromatic heterocycles. The van der Waals surface area contributed by atoms with Crippen molar-refractivity contribution in [3.8, 4) is 89.3 Å². The van der Waals surface area contributed by atoms with Gasteiger partial charge in [0.15, 0.2) is 0 Å². The van der Waals surface area contributed by atoms with Crippen molar-refractivity contribution in [1.29, 1.82) is 0 Å². The Bertz CT molecular complexity index is 6830. The molecule has 2 spiro atoms. The molecule has 0 bridgehead atoms. The maximum Gasteiger partial charge on any atom is 0.0972 e. The molecule has 0 aliphatic heterocycles. The van der Waals surface area contributed by atoms with Gasteiger partial charge in [0.1, 0.15) is 0 Å². The second-order valence-corrected chi connectivity index (χ2v) is 27.7. The fourth-order valence-electron chi connectivity index (χ4n) is 18.9. The van der Waals surface area contributed by atoms with Gasteiger partial charge >= 0.3 is 0 Å². The van der Waals surface area contributed by atoms with E-state index in [9.17, 15) is 0 Å². The van der Waals surface area contributed by atoms with Crippen LogP contribution in [0.5, 0.6) is 0 Å². The Balaban J connectivity index is 0.689. The fraction of sp³-hybridized carbons (Fsp3) is 0.0208.